The Balaban J connectivity index is 1.52. The zero-order chi connectivity index (χ0) is 29.7. The van der Waals surface area contributed by atoms with E-state index in [0.717, 1.165) is 0 Å². The van der Waals surface area contributed by atoms with Crippen molar-refractivity contribution in [1.82, 2.24) is 15.0 Å². The Hall–Kier alpha value is -3.74. The Morgan fingerprint density at radius 1 is 1.05 bits per heavy atom. The molecule has 3 aromatic rings. The van der Waals surface area contributed by atoms with Crippen LogP contribution in [0.5, 0.6) is 0 Å². The first-order valence-corrected chi connectivity index (χ1v) is 12.8. The lowest BCUT2D eigenvalue weighted by atomic mass is 9.87. The fourth-order valence-electron chi connectivity index (χ4n) is 5.29. The predicted molar refractivity (Wildman–Crippen MR) is 131 cm³/mol. The maximum absolute atomic E-state index is 13.8. The molecule has 0 bridgehead atoms. The van der Waals surface area contributed by atoms with Crippen LogP contribution < -0.4 is 0 Å². The number of carbonyl (C=O) groups is 1. The van der Waals surface area contributed by atoms with Crippen molar-refractivity contribution in [3.63, 3.8) is 0 Å². The van der Waals surface area contributed by atoms with Gasteiger partial charge in [-0.2, -0.15) is 31.3 Å². The van der Waals surface area contributed by atoms with E-state index in [9.17, 15) is 35.5 Å². The van der Waals surface area contributed by atoms with E-state index in [2.05, 4.69) is 10.1 Å². The van der Waals surface area contributed by atoms with Crippen LogP contribution in [0, 0.1) is 5.82 Å². The van der Waals surface area contributed by atoms with Crippen LogP contribution >= 0.6 is 0 Å². The quantitative estimate of drug-likeness (QED) is 0.301. The first-order chi connectivity index (χ1) is 19.2. The van der Waals surface area contributed by atoms with Crippen molar-refractivity contribution in [2.75, 3.05) is 6.54 Å². The highest BCUT2D eigenvalue weighted by Crippen LogP contribution is 2.44. The molecule has 2 aliphatic heterocycles. The lowest BCUT2D eigenvalue weighted by Gasteiger charge is -2.30. The summed E-state index contributed by atoms with van der Waals surface area (Å²) in [5.41, 5.74) is -2.18. The maximum atomic E-state index is 13.8. The van der Waals surface area contributed by atoms with Gasteiger partial charge in [0.25, 0.3) is 5.89 Å². The van der Waals surface area contributed by atoms with Crippen LogP contribution in [-0.2, 0) is 28.3 Å². The minimum absolute atomic E-state index is 0.00873. The van der Waals surface area contributed by atoms with Gasteiger partial charge in [0.2, 0.25) is 5.91 Å². The number of aromatic nitrogens is 2. The van der Waals surface area contributed by atoms with Gasteiger partial charge in [-0.3, -0.25) is 4.79 Å². The van der Waals surface area contributed by atoms with Crippen molar-refractivity contribution in [3.8, 4) is 0 Å². The SMILES string of the molecule is CCc1noc(C2=CC3[C@H](c4ccc(F)cc4)C(O[C@H](C)c4cc(C(F)(F)F)cc(C(F)(F)F)c4)CN3C(=O)C2)n1. The summed E-state index contributed by atoms with van der Waals surface area (Å²) in [5, 5.41) is 3.87. The van der Waals surface area contributed by atoms with Crippen LogP contribution in [0.1, 0.15) is 66.3 Å². The molecule has 0 saturated carbocycles. The van der Waals surface area contributed by atoms with Crippen molar-refractivity contribution >= 4 is 11.5 Å². The number of amides is 1. The number of halogens is 7. The number of benzene rings is 2. The molecule has 0 spiro atoms. The standard InChI is InChI=1S/C28H24F7N3O3/c1-3-23-36-26(41-37-23)17-10-21-25(15-4-6-20(29)7-5-15)22(13-38(21)24(39)11-17)40-14(2)16-8-18(27(30,31)32)12-19(9-16)28(33,34)35/h4-10,12,14,21-22,25H,3,11,13H2,1-2H3/t14-,21?,22?,25+/m1/s1. The van der Waals surface area contributed by atoms with Crippen molar-refractivity contribution in [2.24, 2.45) is 0 Å². The molecule has 1 amide bonds. The Morgan fingerprint density at radius 2 is 1.68 bits per heavy atom. The largest absolute Gasteiger partial charge is 0.416 e. The summed E-state index contributed by atoms with van der Waals surface area (Å²) in [4.78, 5) is 19.0. The van der Waals surface area contributed by atoms with Gasteiger partial charge in [-0.15, -0.1) is 0 Å². The van der Waals surface area contributed by atoms with Crippen molar-refractivity contribution in [3.05, 3.63) is 88.3 Å². The molecule has 0 aliphatic carbocycles. The fourth-order valence-corrected chi connectivity index (χ4v) is 5.29. The summed E-state index contributed by atoms with van der Waals surface area (Å²) in [7, 11) is 0. The zero-order valence-electron chi connectivity index (χ0n) is 21.8. The van der Waals surface area contributed by atoms with Gasteiger partial charge in [-0.1, -0.05) is 30.3 Å². The molecule has 2 aliphatic rings. The number of hydrogen-bond acceptors (Lipinski definition) is 5. The van der Waals surface area contributed by atoms with Crippen LogP contribution in [-0.4, -0.2) is 39.6 Å². The maximum Gasteiger partial charge on any atom is 0.416 e. The number of aryl methyl sites for hydroxylation is 1. The molecule has 13 heteroatoms. The molecule has 2 aromatic carbocycles. The topological polar surface area (TPSA) is 68.5 Å². The highest BCUT2D eigenvalue weighted by Gasteiger charge is 2.48. The smallest absolute Gasteiger partial charge is 0.368 e. The second-order valence-electron chi connectivity index (χ2n) is 10.0. The van der Waals surface area contributed by atoms with E-state index in [1.807, 2.05) is 6.92 Å². The summed E-state index contributed by atoms with van der Waals surface area (Å²) < 4.78 is 106. The average molecular weight is 584 g/mol. The number of ether oxygens (including phenoxy) is 1. The zero-order valence-corrected chi connectivity index (χ0v) is 21.8. The van der Waals surface area contributed by atoms with E-state index in [1.54, 1.807) is 6.08 Å². The van der Waals surface area contributed by atoms with Gasteiger partial charge in [-0.25, -0.2) is 4.39 Å². The third-order valence-electron chi connectivity index (χ3n) is 7.31. The molecular formula is C28H24F7N3O3. The second-order valence-corrected chi connectivity index (χ2v) is 10.0. The summed E-state index contributed by atoms with van der Waals surface area (Å²) in [6, 6.07) is 6.13. The number of alkyl halides is 6. The Bertz CT molecular complexity index is 1430. The van der Waals surface area contributed by atoms with Gasteiger partial charge in [0.15, 0.2) is 5.82 Å². The highest BCUT2D eigenvalue weighted by atomic mass is 19.4. The molecule has 218 valence electrons. The lowest BCUT2D eigenvalue weighted by molar-refractivity contribution is -0.143. The highest BCUT2D eigenvalue weighted by molar-refractivity contribution is 5.90. The normalized spacial score (nSPS) is 22.1. The fraction of sp³-hybridized carbons (Fsp3) is 0.393. The van der Waals surface area contributed by atoms with Gasteiger partial charge in [0, 0.05) is 24.5 Å². The molecule has 41 heavy (non-hydrogen) atoms. The van der Waals surface area contributed by atoms with Crippen molar-refractivity contribution in [1.29, 1.82) is 0 Å². The molecule has 5 rings (SSSR count). The van der Waals surface area contributed by atoms with Crippen LogP contribution in [0.4, 0.5) is 30.7 Å². The predicted octanol–water partition coefficient (Wildman–Crippen LogP) is 6.74. The van der Waals surface area contributed by atoms with Crippen molar-refractivity contribution in [2.45, 2.75) is 63.2 Å². The summed E-state index contributed by atoms with van der Waals surface area (Å²) in [5.74, 6) is -0.806. The number of fused-ring (bicyclic) bond motifs is 1. The average Bonchev–Trinajstić information content (AvgIpc) is 3.53. The third-order valence-corrected chi connectivity index (χ3v) is 7.31. The van der Waals surface area contributed by atoms with Gasteiger partial charge in [0.05, 0.1) is 35.8 Å². The minimum atomic E-state index is -5.01. The van der Waals surface area contributed by atoms with Gasteiger partial charge >= 0.3 is 12.4 Å². The second kappa shape index (κ2) is 10.6. The third kappa shape index (κ3) is 5.85. The number of hydrogen-bond donors (Lipinski definition) is 0. The van der Waals surface area contributed by atoms with E-state index in [0.29, 0.717) is 35.5 Å². The number of nitrogens with zero attached hydrogens (tertiary/aromatic N) is 3. The summed E-state index contributed by atoms with van der Waals surface area (Å²) in [6.45, 7) is 3.20. The Labute approximate surface area is 229 Å². The Morgan fingerprint density at radius 3 is 2.24 bits per heavy atom. The minimum Gasteiger partial charge on any atom is -0.368 e. The number of rotatable bonds is 6. The molecule has 0 N–H and O–H groups in total. The lowest BCUT2D eigenvalue weighted by Crippen LogP contribution is -2.39. The summed E-state index contributed by atoms with van der Waals surface area (Å²) >= 11 is 0. The molecule has 0 radical (unpaired) electrons. The van der Waals surface area contributed by atoms with E-state index in [4.69, 9.17) is 9.26 Å². The first-order valence-electron chi connectivity index (χ1n) is 12.8. The Kier molecular flexibility index (Phi) is 7.43. The monoisotopic (exact) mass is 583 g/mol. The summed E-state index contributed by atoms with van der Waals surface area (Å²) in [6.07, 6.45) is -9.86. The molecule has 1 aromatic heterocycles. The van der Waals surface area contributed by atoms with Crippen LogP contribution in [0.25, 0.3) is 5.57 Å². The van der Waals surface area contributed by atoms with E-state index >= 15 is 0 Å². The molecule has 4 atom stereocenters. The van der Waals surface area contributed by atoms with Gasteiger partial charge in [-0.05, 0) is 48.4 Å². The van der Waals surface area contributed by atoms with Crippen LogP contribution in [0.3, 0.4) is 0 Å². The van der Waals surface area contributed by atoms with Crippen LogP contribution in [0.15, 0.2) is 53.1 Å². The first kappa shape index (κ1) is 28.8. The van der Waals surface area contributed by atoms with Crippen LogP contribution in [0.2, 0.25) is 0 Å². The molecule has 1 saturated heterocycles. The van der Waals surface area contributed by atoms with E-state index < -0.39 is 53.5 Å². The molecule has 1 fully saturated rings. The molecule has 3 heterocycles. The van der Waals surface area contributed by atoms with E-state index in [-0.39, 0.29) is 36.4 Å². The van der Waals surface area contributed by atoms with Gasteiger partial charge < -0.3 is 14.2 Å². The van der Waals surface area contributed by atoms with Gasteiger partial charge in [0.1, 0.15) is 5.82 Å². The number of carbonyl (C=O) groups excluding carboxylic acids is 1. The van der Waals surface area contributed by atoms with Crippen molar-refractivity contribution < 1.29 is 44.8 Å². The molecule has 2 unspecified atom stereocenters. The molecule has 6 nitrogen and oxygen atoms in total. The van der Waals surface area contributed by atoms with E-state index in [1.165, 1.54) is 36.1 Å². The molecular weight excluding hydrogens is 559 g/mol.